The fourth-order valence-corrected chi connectivity index (χ4v) is 3.59. The topological polar surface area (TPSA) is 15.3 Å². The van der Waals surface area contributed by atoms with Crippen LogP contribution in [0, 0.1) is 5.92 Å². The van der Waals surface area contributed by atoms with E-state index in [0.717, 1.165) is 5.92 Å². The number of fused-ring (bicyclic) bond motifs is 1. The van der Waals surface area contributed by atoms with Crippen molar-refractivity contribution < 1.29 is 0 Å². The predicted molar refractivity (Wildman–Crippen MR) is 81.8 cm³/mol. The Morgan fingerprint density at radius 1 is 1.16 bits per heavy atom. The molecule has 1 N–H and O–H groups in total. The number of para-hydroxylation sites is 1. The number of hydrogen-bond acceptors (Lipinski definition) is 2. The molecular weight excluding hydrogens is 232 g/mol. The monoisotopic (exact) mass is 258 g/mol. The molecule has 1 aromatic rings. The zero-order valence-corrected chi connectivity index (χ0v) is 12.1. The predicted octanol–water partition coefficient (Wildman–Crippen LogP) is 3.22. The Bertz CT molecular complexity index is 409. The van der Waals surface area contributed by atoms with Crippen molar-refractivity contribution in [1.82, 2.24) is 5.32 Å². The summed E-state index contributed by atoms with van der Waals surface area (Å²) in [5.74, 6) is 0.933. The summed E-state index contributed by atoms with van der Waals surface area (Å²) in [6.45, 7) is 6.06. The maximum Gasteiger partial charge on any atom is 0.0401 e. The highest BCUT2D eigenvalue weighted by atomic mass is 15.2. The molecule has 0 radical (unpaired) electrons. The Morgan fingerprint density at radius 2 is 1.95 bits per heavy atom. The van der Waals surface area contributed by atoms with E-state index in [1.807, 2.05) is 0 Å². The van der Waals surface area contributed by atoms with Crippen molar-refractivity contribution in [1.29, 1.82) is 0 Å². The van der Waals surface area contributed by atoms with Crippen LogP contribution < -0.4 is 10.2 Å². The minimum atomic E-state index is 0.705. The van der Waals surface area contributed by atoms with Crippen molar-refractivity contribution in [2.75, 3.05) is 24.5 Å². The van der Waals surface area contributed by atoms with Crippen molar-refractivity contribution in [2.24, 2.45) is 5.92 Å². The molecule has 1 atom stereocenters. The Labute approximate surface area is 117 Å². The SMILES string of the molecule is CC1CCc2ccccc2N1CCC1CCNCC1. The molecule has 0 saturated carbocycles. The lowest BCUT2D eigenvalue weighted by Crippen LogP contribution is -2.39. The first kappa shape index (κ1) is 13.0. The summed E-state index contributed by atoms with van der Waals surface area (Å²) in [4.78, 5) is 2.65. The van der Waals surface area contributed by atoms with Gasteiger partial charge in [0, 0.05) is 18.3 Å². The minimum Gasteiger partial charge on any atom is -0.369 e. The molecule has 0 aromatic heterocycles. The molecule has 1 unspecified atom stereocenters. The summed E-state index contributed by atoms with van der Waals surface area (Å²) >= 11 is 0. The highest BCUT2D eigenvalue weighted by Gasteiger charge is 2.23. The number of nitrogens with zero attached hydrogens (tertiary/aromatic N) is 1. The molecule has 2 aliphatic heterocycles. The standard InChI is InChI=1S/C17H26N2/c1-14-6-7-16-4-2-3-5-17(16)19(14)13-10-15-8-11-18-12-9-15/h2-5,14-15,18H,6-13H2,1H3. The van der Waals surface area contributed by atoms with Gasteiger partial charge in [-0.1, -0.05) is 18.2 Å². The molecule has 1 aromatic carbocycles. The smallest absolute Gasteiger partial charge is 0.0401 e. The third-order valence-corrected chi connectivity index (χ3v) is 4.90. The molecule has 19 heavy (non-hydrogen) atoms. The molecule has 0 amide bonds. The van der Waals surface area contributed by atoms with Crippen molar-refractivity contribution in [3.05, 3.63) is 29.8 Å². The number of rotatable bonds is 3. The van der Waals surface area contributed by atoms with Gasteiger partial charge in [0.25, 0.3) is 0 Å². The maximum atomic E-state index is 3.46. The molecule has 0 bridgehead atoms. The van der Waals surface area contributed by atoms with Crippen molar-refractivity contribution in [3.8, 4) is 0 Å². The van der Waals surface area contributed by atoms with Gasteiger partial charge >= 0.3 is 0 Å². The molecule has 0 aliphatic carbocycles. The first-order chi connectivity index (χ1) is 9.34. The van der Waals surface area contributed by atoms with Crippen LogP contribution in [0.25, 0.3) is 0 Å². The highest BCUT2D eigenvalue weighted by Crippen LogP contribution is 2.31. The molecule has 1 saturated heterocycles. The average Bonchev–Trinajstić information content (AvgIpc) is 2.47. The lowest BCUT2D eigenvalue weighted by Gasteiger charge is -2.38. The number of benzene rings is 1. The number of piperidine rings is 1. The van der Waals surface area contributed by atoms with Crippen LogP contribution in [0.1, 0.15) is 38.2 Å². The van der Waals surface area contributed by atoms with Gasteiger partial charge in [-0.15, -0.1) is 0 Å². The molecule has 1 fully saturated rings. The van der Waals surface area contributed by atoms with E-state index in [0.29, 0.717) is 6.04 Å². The van der Waals surface area contributed by atoms with Crippen LogP contribution in [0.2, 0.25) is 0 Å². The van der Waals surface area contributed by atoms with Gasteiger partial charge < -0.3 is 10.2 Å². The van der Waals surface area contributed by atoms with Crippen molar-refractivity contribution in [2.45, 2.75) is 45.1 Å². The fourth-order valence-electron chi connectivity index (χ4n) is 3.59. The lowest BCUT2D eigenvalue weighted by atomic mass is 9.92. The normalized spacial score (nSPS) is 24.3. The zero-order chi connectivity index (χ0) is 13.1. The second kappa shape index (κ2) is 5.96. The van der Waals surface area contributed by atoms with Crippen LogP contribution >= 0.6 is 0 Å². The van der Waals surface area contributed by atoms with E-state index in [9.17, 15) is 0 Å². The first-order valence-electron chi connectivity index (χ1n) is 7.90. The third-order valence-electron chi connectivity index (χ3n) is 4.90. The van der Waals surface area contributed by atoms with Gasteiger partial charge in [0.2, 0.25) is 0 Å². The molecular formula is C17H26N2. The molecule has 2 heteroatoms. The van der Waals surface area contributed by atoms with E-state index in [-0.39, 0.29) is 0 Å². The van der Waals surface area contributed by atoms with Gasteiger partial charge in [0.15, 0.2) is 0 Å². The van der Waals surface area contributed by atoms with Crippen molar-refractivity contribution in [3.63, 3.8) is 0 Å². The van der Waals surface area contributed by atoms with Crippen LogP contribution in [-0.4, -0.2) is 25.7 Å². The summed E-state index contributed by atoms with van der Waals surface area (Å²) in [6, 6.07) is 9.69. The number of hydrogen-bond donors (Lipinski definition) is 1. The van der Waals surface area contributed by atoms with Gasteiger partial charge in [0.1, 0.15) is 0 Å². The number of nitrogens with one attached hydrogen (secondary N) is 1. The molecule has 2 nitrogen and oxygen atoms in total. The molecule has 0 spiro atoms. The first-order valence-corrected chi connectivity index (χ1v) is 7.90. The van der Waals surface area contributed by atoms with Gasteiger partial charge in [0.05, 0.1) is 0 Å². The van der Waals surface area contributed by atoms with Gasteiger partial charge in [-0.25, -0.2) is 0 Å². The molecule has 2 aliphatic rings. The molecule has 3 rings (SSSR count). The Kier molecular flexibility index (Phi) is 4.07. The van der Waals surface area contributed by atoms with Gasteiger partial charge in [-0.2, -0.15) is 0 Å². The van der Waals surface area contributed by atoms with E-state index in [4.69, 9.17) is 0 Å². The largest absolute Gasteiger partial charge is 0.369 e. The van der Waals surface area contributed by atoms with E-state index in [1.165, 1.54) is 57.4 Å². The Hall–Kier alpha value is -1.02. The summed E-state index contributed by atoms with van der Waals surface area (Å²) in [7, 11) is 0. The second-order valence-corrected chi connectivity index (χ2v) is 6.19. The van der Waals surface area contributed by atoms with E-state index >= 15 is 0 Å². The summed E-state index contributed by atoms with van der Waals surface area (Å²) < 4.78 is 0. The van der Waals surface area contributed by atoms with E-state index in [1.54, 1.807) is 5.56 Å². The van der Waals surface area contributed by atoms with Crippen LogP contribution in [0.4, 0.5) is 5.69 Å². The molecule has 2 heterocycles. The summed E-state index contributed by atoms with van der Waals surface area (Å²) in [6.07, 6.45) is 6.65. The lowest BCUT2D eigenvalue weighted by molar-refractivity contribution is 0.350. The van der Waals surface area contributed by atoms with Crippen LogP contribution in [-0.2, 0) is 6.42 Å². The maximum absolute atomic E-state index is 3.46. The van der Waals surface area contributed by atoms with Crippen LogP contribution in [0.5, 0.6) is 0 Å². The van der Waals surface area contributed by atoms with Gasteiger partial charge in [-0.05, 0) is 69.7 Å². The average molecular weight is 258 g/mol. The van der Waals surface area contributed by atoms with Crippen LogP contribution in [0.3, 0.4) is 0 Å². The fraction of sp³-hybridized carbons (Fsp3) is 0.647. The van der Waals surface area contributed by atoms with Crippen LogP contribution in [0.15, 0.2) is 24.3 Å². The zero-order valence-electron chi connectivity index (χ0n) is 12.1. The quantitative estimate of drug-likeness (QED) is 0.895. The summed E-state index contributed by atoms with van der Waals surface area (Å²) in [5.41, 5.74) is 3.04. The Balaban J connectivity index is 1.65. The number of aryl methyl sites for hydroxylation is 1. The van der Waals surface area contributed by atoms with Crippen molar-refractivity contribution >= 4 is 5.69 Å². The minimum absolute atomic E-state index is 0.705. The highest BCUT2D eigenvalue weighted by molar-refractivity contribution is 5.56. The van der Waals surface area contributed by atoms with Gasteiger partial charge in [-0.3, -0.25) is 0 Å². The molecule has 104 valence electrons. The summed E-state index contributed by atoms with van der Waals surface area (Å²) in [5, 5.41) is 3.46. The number of anilines is 1. The Morgan fingerprint density at radius 3 is 2.79 bits per heavy atom. The van der Waals surface area contributed by atoms with E-state index < -0.39 is 0 Å². The van der Waals surface area contributed by atoms with E-state index in [2.05, 4.69) is 41.4 Å². The second-order valence-electron chi connectivity index (χ2n) is 6.19. The third kappa shape index (κ3) is 2.94.